The predicted molar refractivity (Wildman–Crippen MR) is 86.6 cm³/mol. The van der Waals surface area contributed by atoms with Gasteiger partial charge >= 0.3 is 11.9 Å². The number of carbonyl (C=O) groups is 2. The number of benzene rings is 1. The van der Waals surface area contributed by atoms with Gasteiger partial charge in [-0.1, -0.05) is 23.2 Å². The minimum absolute atomic E-state index is 0.637. The van der Waals surface area contributed by atoms with Gasteiger partial charge in [0, 0.05) is 31.6 Å². The first-order valence-electron chi connectivity index (χ1n) is 6.69. The van der Waals surface area contributed by atoms with Crippen molar-refractivity contribution in [3.8, 4) is 0 Å². The number of hydrogen-bond acceptors (Lipinski definition) is 5. The van der Waals surface area contributed by atoms with Gasteiger partial charge in [-0.25, -0.2) is 9.59 Å². The molecule has 0 atom stereocenters. The summed E-state index contributed by atoms with van der Waals surface area (Å²) in [4.78, 5) is 20.4. The molecule has 1 aromatic carbocycles. The Balaban J connectivity index is 0.000000277. The first kappa shape index (κ1) is 17.4. The summed E-state index contributed by atoms with van der Waals surface area (Å²) in [6, 6.07) is 3.66. The Labute approximate surface area is 141 Å². The molecule has 1 aliphatic rings. The van der Waals surface area contributed by atoms with Gasteiger partial charge in [-0.3, -0.25) is 0 Å². The number of fused-ring (bicyclic) bond motifs is 1. The molecule has 1 aliphatic heterocycles. The van der Waals surface area contributed by atoms with E-state index in [1.807, 2.05) is 6.07 Å². The van der Waals surface area contributed by atoms with Crippen molar-refractivity contribution in [3.63, 3.8) is 0 Å². The second kappa shape index (κ2) is 7.54. The van der Waals surface area contributed by atoms with E-state index in [1.165, 1.54) is 0 Å². The smallest absolute Gasteiger partial charge is 0.414 e. The molecule has 7 nitrogen and oxygen atoms in total. The first-order valence-corrected chi connectivity index (χ1v) is 7.44. The maximum Gasteiger partial charge on any atom is 0.414 e. The molecule has 0 spiro atoms. The number of piperazine rings is 1. The minimum Gasteiger partial charge on any atom is -0.473 e. The highest BCUT2D eigenvalue weighted by molar-refractivity contribution is 6.40. The molecule has 0 saturated carbocycles. The lowest BCUT2D eigenvalue weighted by atomic mass is 10.2. The summed E-state index contributed by atoms with van der Waals surface area (Å²) in [5.41, 5.74) is 1.74. The Morgan fingerprint density at radius 3 is 2.30 bits per heavy atom. The van der Waals surface area contributed by atoms with Crippen LogP contribution in [-0.4, -0.2) is 48.3 Å². The van der Waals surface area contributed by atoms with E-state index in [4.69, 9.17) is 47.4 Å². The van der Waals surface area contributed by atoms with Crippen LogP contribution in [0.15, 0.2) is 22.8 Å². The number of hydrogen-bond donors (Lipinski definition) is 3. The van der Waals surface area contributed by atoms with Crippen LogP contribution < -0.4 is 10.2 Å². The number of halogens is 2. The molecule has 3 rings (SSSR count). The van der Waals surface area contributed by atoms with Crippen LogP contribution in [-0.2, 0) is 9.59 Å². The summed E-state index contributed by atoms with van der Waals surface area (Å²) >= 11 is 12.4. The summed E-state index contributed by atoms with van der Waals surface area (Å²) in [6.07, 6.45) is 1.65. The maximum atomic E-state index is 9.10. The van der Waals surface area contributed by atoms with Crippen LogP contribution in [0.5, 0.6) is 0 Å². The number of anilines is 1. The second-order valence-corrected chi connectivity index (χ2v) is 5.51. The van der Waals surface area contributed by atoms with Crippen molar-refractivity contribution in [1.82, 2.24) is 5.32 Å². The van der Waals surface area contributed by atoms with E-state index >= 15 is 0 Å². The summed E-state index contributed by atoms with van der Waals surface area (Å²) in [6.45, 7) is 3.77. The van der Waals surface area contributed by atoms with Gasteiger partial charge < -0.3 is 24.8 Å². The zero-order chi connectivity index (χ0) is 17.0. The number of carboxylic acids is 2. The van der Waals surface area contributed by atoms with E-state index in [1.54, 1.807) is 12.3 Å². The van der Waals surface area contributed by atoms with Gasteiger partial charge in [0.05, 0.1) is 22.0 Å². The van der Waals surface area contributed by atoms with Crippen LogP contribution in [0.1, 0.15) is 0 Å². The predicted octanol–water partition coefficient (Wildman–Crippen LogP) is 2.30. The molecule has 0 amide bonds. The lowest BCUT2D eigenvalue weighted by Gasteiger charge is -2.30. The van der Waals surface area contributed by atoms with E-state index in [0.717, 1.165) is 42.8 Å². The highest BCUT2D eigenvalue weighted by Crippen LogP contribution is 2.39. The van der Waals surface area contributed by atoms with E-state index in [2.05, 4.69) is 10.2 Å². The molecule has 124 valence electrons. The molecule has 0 unspecified atom stereocenters. The monoisotopic (exact) mass is 360 g/mol. The molecular weight excluding hydrogens is 347 g/mol. The molecule has 0 radical (unpaired) electrons. The van der Waals surface area contributed by atoms with Crippen LogP contribution in [0.3, 0.4) is 0 Å². The molecule has 1 fully saturated rings. The van der Waals surface area contributed by atoms with Crippen LogP contribution >= 0.6 is 23.2 Å². The molecule has 9 heteroatoms. The number of aliphatic carboxylic acids is 2. The highest BCUT2D eigenvalue weighted by atomic mass is 35.5. The van der Waals surface area contributed by atoms with E-state index in [-0.39, 0.29) is 0 Å². The third-order valence-corrected chi connectivity index (χ3v) is 3.83. The lowest BCUT2D eigenvalue weighted by molar-refractivity contribution is -0.159. The summed E-state index contributed by atoms with van der Waals surface area (Å²) in [5, 5.41) is 20.3. The topological polar surface area (TPSA) is 103 Å². The zero-order valence-electron chi connectivity index (χ0n) is 11.9. The van der Waals surface area contributed by atoms with Crippen molar-refractivity contribution < 1.29 is 24.2 Å². The molecule has 2 aromatic rings. The molecule has 1 aromatic heterocycles. The average molecular weight is 361 g/mol. The maximum absolute atomic E-state index is 9.10. The van der Waals surface area contributed by atoms with Gasteiger partial charge in [-0.15, -0.1) is 0 Å². The van der Waals surface area contributed by atoms with Crippen LogP contribution in [0.25, 0.3) is 11.0 Å². The van der Waals surface area contributed by atoms with Crippen molar-refractivity contribution in [2.45, 2.75) is 0 Å². The quantitative estimate of drug-likeness (QED) is 0.670. The molecule has 0 aliphatic carbocycles. The number of carboxylic acid groups (broad SMARTS) is 2. The Kier molecular flexibility index (Phi) is 5.70. The highest BCUT2D eigenvalue weighted by Gasteiger charge is 2.20. The third kappa shape index (κ3) is 4.07. The van der Waals surface area contributed by atoms with E-state index in [9.17, 15) is 0 Å². The van der Waals surface area contributed by atoms with Gasteiger partial charge in [0.15, 0.2) is 5.58 Å². The number of furan rings is 1. The Bertz CT molecular complexity index is 713. The van der Waals surface area contributed by atoms with Gasteiger partial charge in [-0.2, -0.15) is 0 Å². The Morgan fingerprint density at radius 2 is 1.74 bits per heavy atom. The van der Waals surface area contributed by atoms with Crippen LogP contribution in [0, 0.1) is 0 Å². The molecule has 23 heavy (non-hydrogen) atoms. The average Bonchev–Trinajstić information content (AvgIpc) is 2.98. The minimum atomic E-state index is -1.82. The summed E-state index contributed by atoms with van der Waals surface area (Å²) in [5.74, 6) is -3.65. The number of nitrogens with zero attached hydrogens (tertiary/aromatic N) is 1. The molecular formula is C14H14Cl2N2O5. The first-order chi connectivity index (χ1) is 10.9. The van der Waals surface area contributed by atoms with Crippen molar-refractivity contribution in [2.75, 3.05) is 31.1 Å². The Hall–Kier alpha value is -1.96. The SMILES string of the molecule is Clc1cc(Cl)c2ccoc2c1N1CCNCC1.O=C(O)C(=O)O. The van der Waals surface area contributed by atoms with E-state index in [0.29, 0.717) is 10.0 Å². The van der Waals surface area contributed by atoms with Crippen molar-refractivity contribution in [1.29, 1.82) is 0 Å². The zero-order valence-corrected chi connectivity index (χ0v) is 13.4. The largest absolute Gasteiger partial charge is 0.473 e. The lowest BCUT2D eigenvalue weighted by Crippen LogP contribution is -2.43. The van der Waals surface area contributed by atoms with Crippen LogP contribution in [0.4, 0.5) is 5.69 Å². The fourth-order valence-corrected chi connectivity index (χ4v) is 2.86. The molecule has 0 bridgehead atoms. The molecule has 1 saturated heterocycles. The molecule has 3 N–H and O–H groups in total. The fourth-order valence-electron chi connectivity index (χ4n) is 2.23. The molecule has 2 heterocycles. The number of nitrogens with one attached hydrogen (secondary N) is 1. The summed E-state index contributed by atoms with van der Waals surface area (Å²) in [7, 11) is 0. The van der Waals surface area contributed by atoms with Gasteiger partial charge in [-0.05, 0) is 12.1 Å². The summed E-state index contributed by atoms with van der Waals surface area (Å²) < 4.78 is 5.53. The van der Waals surface area contributed by atoms with Gasteiger partial charge in [0.1, 0.15) is 0 Å². The van der Waals surface area contributed by atoms with Gasteiger partial charge in [0.2, 0.25) is 0 Å². The van der Waals surface area contributed by atoms with Gasteiger partial charge in [0.25, 0.3) is 0 Å². The van der Waals surface area contributed by atoms with Crippen LogP contribution in [0.2, 0.25) is 10.0 Å². The Morgan fingerprint density at radius 1 is 1.13 bits per heavy atom. The van der Waals surface area contributed by atoms with Crippen molar-refractivity contribution in [3.05, 3.63) is 28.4 Å². The fraction of sp³-hybridized carbons (Fsp3) is 0.286. The standard InChI is InChI=1S/C12H12Cl2N2O.C2H2O4/c13-9-7-10(14)11(12-8(9)1-6-17-12)16-4-2-15-3-5-16;3-1(4)2(5)6/h1,6-7,15H,2-5H2;(H,3,4)(H,5,6). The second-order valence-electron chi connectivity index (χ2n) is 4.70. The third-order valence-electron chi connectivity index (χ3n) is 3.23. The number of rotatable bonds is 1. The van der Waals surface area contributed by atoms with E-state index < -0.39 is 11.9 Å². The van der Waals surface area contributed by atoms with Crippen molar-refractivity contribution >= 4 is 51.8 Å². The van der Waals surface area contributed by atoms with Crippen molar-refractivity contribution in [2.24, 2.45) is 0 Å². The normalized spacial score (nSPS) is 14.3.